The number of hydrogen-bond acceptors (Lipinski definition) is 5. The van der Waals surface area contributed by atoms with Gasteiger partial charge in [-0.1, -0.05) is 23.5 Å². The summed E-state index contributed by atoms with van der Waals surface area (Å²) in [4.78, 5) is 27.7. The van der Waals surface area contributed by atoms with Crippen molar-refractivity contribution in [1.82, 2.24) is 9.38 Å². The van der Waals surface area contributed by atoms with Crippen molar-refractivity contribution in [3.8, 4) is 0 Å². The highest BCUT2D eigenvalue weighted by Gasteiger charge is 2.13. The van der Waals surface area contributed by atoms with E-state index in [1.807, 2.05) is 6.07 Å². The summed E-state index contributed by atoms with van der Waals surface area (Å²) < 4.78 is 15.6. The zero-order valence-electron chi connectivity index (χ0n) is 12.0. The molecule has 2 aromatic heterocycles. The normalized spacial score (nSPS) is 12.3. The maximum atomic E-state index is 13.9. The maximum Gasteiger partial charge on any atom is 0.274 e. The Morgan fingerprint density at radius 3 is 2.83 bits per heavy atom. The zero-order chi connectivity index (χ0) is 16.8. The Bertz CT molecular complexity index is 1230. The van der Waals surface area contributed by atoms with E-state index in [-0.39, 0.29) is 21.3 Å². The molecule has 0 saturated heterocycles. The van der Waals surface area contributed by atoms with Gasteiger partial charge >= 0.3 is 0 Å². The molecule has 0 amide bonds. The van der Waals surface area contributed by atoms with Crippen molar-refractivity contribution in [3.05, 3.63) is 78.8 Å². The average Bonchev–Trinajstić information content (AvgIpc) is 3.06. The largest absolute Gasteiger partial charge is 0.274 e. The van der Waals surface area contributed by atoms with E-state index < -0.39 is 10.7 Å². The number of para-hydroxylation sites is 2. The van der Waals surface area contributed by atoms with Gasteiger partial charge in [-0.2, -0.15) is 0 Å². The van der Waals surface area contributed by atoms with Gasteiger partial charge in [0.2, 0.25) is 0 Å². The van der Waals surface area contributed by atoms with Crippen LogP contribution in [0.5, 0.6) is 0 Å². The molecule has 0 saturated carbocycles. The summed E-state index contributed by atoms with van der Waals surface area (Å²) in [5, 5.41) is 10.8. The molecule has 0 atom stereocenters. The molecule has 2 aromatic carbocycles. The van der Waals surface area contributed by atoms with Crippen LogP contribution in [0.4, 0.5) is 10.1 Å². The van der Waals surface area contributed by atoms with E-state index in [4.69, 9.17) is 0 Å². The Labute approximate surface area is 137 Å². The monoisotopic (exact) mass is 341 g/mol. The number of fused-ring (bicyclic) bond motifs is 3. The number of nitro groups is 1. The molecule has 0 N–H and O–H groups in total. The number of halogens is 1. The molecule has 0 aliphatic rings. The summed E-state index contributed by atoms with van der Waals surface area (Å²) in [6, 6.07) is 10.4. The Kier molecular flexibility index (Phi) is 3.14. The van der Waals surface area contributed by atoms with Crippen molar-refractivity contribution in [2.75, 3.05) is 0 Å². The highest BCUT2D eigenvalue weighted by atomic mass is 32.1. The van der Waals surface area contributed by atoms with Gasteiger partial charge in [0.05, 0.1) is 20.5 Å². The first-order chi connectivity index (χ1) is 11.5. The van der Waals surface area contributed by atoms with Crippen LogP contribution < -0.4 is 10.1 Å². The second-order valence-corrected chi connectivity index (χ2v) is 6.11. The van der Waals surface area contributed by atoms with Crippen LogP contribution in [0.25, 0.3) is 22.1 Å². The molecule has 0 radical (unpaired) electrons. The van der Waals surface area contributed by atoms with Gasteiger partial charge in [-0.3, -0.25) is 14.9 Å². The first-order valence-electron chi connectivity index (χ1n) is 6.90. The minimum absolute atomic E-state index is 0.00453. The highest BCUT2D eigenvalue weighted by Crippen LogP contribution is 2.18. The van der Waals surface area contributed by atoms with Gasteiger partial charge in [-0.25, -0.2) is 13.8 Å². The number of nitrogens with zero attached hydrogens (tertiary/aromatic N) is 3. The number of benzene rings is 2. The molecule has 0 unspecified atom stereocenters. The van der Waals surface area contributed by atoms with Crippen LogP contribution in [0.15, 0.2) is 47.3 Å². The van der Waals surface area contributed by atoms with Crippen molar-refractivity contribution in [2.24, 2.45) is 0 Å². The molecule has 6 nitrogen and oxygen atoms in total. The molecular formula is C16H8FN3O3S. The minimum Gasteiger partial charge on any atom is -0.267 e. The molecule has 0 bridgehead atoms. The van der Waals surface area contributed by atoms with Crippen LogP contribution in [0.3, 0.4) is 0 Å². The standard InChI is InChI=1S/C16H8FN3O3S/c17-11-6-5-10(20(22)23)7-9(11)8-14-15(21)19-13-4-2-1-3-12(13)18-16(19)24-14/h1-8H. The van der Waals surface area contributed by atoms with Crippen molar-refractivity contribution in [2.45, 2.75) is 0 Å². The molecule has 0 fully saturated rings. The average molecular weight is 341 g/mol. The van der Waals surface area contributed by atoms with Gasteiger partial charge in [0.25, 0.3) is 11.2 Å². The SMILES string of the molecule is O=c1c(=Cc2cc([N+](=O)[O-])ccc2F)sc2nc3ccccc3n12. The fourth-order valence-corrected chi connectivity index (χ4v) is 3.49. The summed E-state index contributed by atoms with van der Waals surface area (Å²) in [7, 11) is 0. The minimum atomic E-state index is -0.629. The molecule has 4 rings (SSSR count). The van der Waals surface area contributed by atoms with E-state index in [0.29, 0.717) is 16.0 Å². The lowest BCUT2D eigenvalue weighted by atomic mass is 10.2. The number of rotatable bonds is 2. The van der Waals surface area contributed by atoms with Crippen molar-refractivity contribution < 1.29 is 9.31 Å². The smallest absolute Gasteiger partial charge is 0.267 e. The molecule has 0 spiro atoms. The zero-order valence-corrected chi connectivity index (χ0v) is 12.8. The number of imidazole rings is 1. The van der Waals surface area contributed by atoms with Crippen LogP contribution in [-0.2, 0) is 0 Å². The Hall–Kier alpha value is -3.13. The lowest BCUT2D eigenvalue weighted by Crippen LogP contribution is -2.22. The number of nitro benzene ring substituents is 1. The number of aromatic nitrogens is 2. The summed E-state index contributed by atoms with van der Waals surface area (Å²) in [6.07, 6.45) is 1.32. The van der Waals surface area contributed by atoms with Gasteiger partial charge in [0, 0.05) is 17.7 Å². The van der Waals surface area contributed by atoms with Crippen molar-refractivity contribution in [3.63, 3.8) is 0 Å². The molecule has 4 aromatic rings. The maximum absolute atomic E-state index is 13.9. The van der Waals surface area contributed by atoms with Gasteiger partial charge in [0.15, 0.2) is 4.96 Å². The number of thiazole rings is 1. The Balaban J connectivity index is 1.99. The number of non-ortho nitro benzene ring substituents is 1. The third-order valence-corrected chi connectivity index (χ3v) is 4.59. The summed E-state index contributed by atoms with van der Waals surface area (Å²) in [5.41, 5.74) is 0.813. The van der Waals surface area contributed by atoms with E-state index in [9.17, 15) is 19.3 Å². The predicted molar refractivity (Wildman–Crippen MR) is 88.7 cm³/mol. The van der Waals surface area contributed by atoms with Gasteiger partial charge in [-0.05, 0) is 24.3 Å². The Morgan fingerprint density at radius 2 is 2.04 bits per heavy atom. The third kappa shape index (κ3) is 2.16. The quantitative estimate of drug-likeness (QED) is 0.415. The molecular weight excluding hydrogens is 333 g/mol. The van der Waals surface area contributed by atoms with Crippen LogP contribution in [0.1, 0.15) is 5.56 Å². The topological polar surface area (TPSA) is 77.5 Å². The van der Waals surface area contributed by atoms with Crippen LogP contribution >= 0.6 is 11.3 Å². The van der Waals surface area contributed by atoms with E-state index in [2.05, 4.69) is 4.98 Å². The van der Waals surface area contributed by atoms with Crippen molar-refractivity contribution in [1.29, 1.82) is 0 Å². The van der Waals surface area contributed by atoms with E-state index in [1.165, 1.54) is 10.5 Å². The highest BCUT2D eigenvalue weighted by molar-refractivity contribution is 7.15. The first-order valence-corrected chi connectivity index (χ1v) is 7.72. The molecule has 2 heterocycles. The molecule has 0 aliphatic heterocycles. The fraction of sp³-hybridized carbons (Fsp3) is 0. The Morgan fingerprint density at radius 1 is 1.25 bits per heavy atom. The van der Waals surface area contributed by atoms with Crippen LogP contribution in [-0.4, -0.2) is 14.3 Å². The summed E-state index contributed by atoms with van der Waals surface area (Å²) >= 11 is 1.11. The molecule has 8 heteroatoms. The summed E-state index contributed by atoms with van der Waals surface area (Å²) in [6.45, 7) is 0. The second kappa shape index (κ2) is 5.20. The van der Waals surface area contributed by atoms with Gasteiger partial charge < -0.3 is 0 Å². The lowest BCUT2D eigenvalue weighted by Gasteiger charge is -1.96. The van der Waals surface area contributed by atoms with E-state index in [1.54, 1.807) is 18.2 Å². The first kappa shape index (κ1) is 14.5. The molecule has 118 valence electrons. The van der Waals surface area contributed by atoms with Gasteiger partial charge in [0.1, 0.15) is 5.82 Å². The molecule has 24 heavy (non-hydrogen) atoms. The second-order valence-electron chi connectivity index (χ2n) is 5.10. The molecule has 0 aliphatic carbocycles. The summed E-state index contributed by atoms with van der Waals surface area (Å²) in [5.74, 6) is -0.629. The fourth-order valence-electron chi connectivity index (χ4n) is 2.51. The number of hydrogen-bond donors (Lipinski definition) is 0. The van der Waals surface area contributed by atoms with E-state index in [0.717, 1.165) is 29.5 Å². The van der Waals surface area contributed by atoms with E-state index >= 15 is 0 Å². The van der Waals surface area contributed by atoms with Gasteiger partial charge in [-0.15, -0.1) is 0 Å². The lowest BCUT2D eigenvalue weighted by molar-refractivity contribution is -0.384. The van der Waals surface area contributed by atoms with Crippen LogP contribution in [0, 0.1) is 15.9 Å². The third-order valence-electron chi connectivity index (χ3n) is 3.62. The van der Waals surface area contributed by atoms with Crippen LogP contribution in [0.2, 0.25) is 0 Å². The predicted octanol–water partition coefficient (Wildman–Crippen LogP) is 2.50. The van der Waals surface area contributed by atoms with Crippen molar-refractivity contribution >= 4 is 39.1 Å².